The van der Waals surface area contributed by atoms with Gasteiger partial charge in [-0.05, 0) is 57.1 Å². The summed E-state index contributed by atoms with van der Waals surface area (Å²) < 4.78 is 10.8. The maximum absolute atomic E-state index is 12.6. The van der Waals surface area contributed by atoms with Gasteiger partial charge in [0.2, 0.25) is 0 Å². The van der Waals surface area contributed by atoms with Gasteiger partial charge in [0.05, 0.1) is 24.1 Å². The molecular formula is C19H25N3O3. The normalized spacial score (nSPS) is 16.6. The topological polar surface area (TPSA) is 76.4 Å². The quantitative estimate of drug-likeness (QED) is 0.842. The summed E-state index contributed by atoms with van der Waals surface area (Å²) in [5, 5.41) is 6.44. The second-order valence-electron chi connectivity index (χ2n) is 6.67. The number of aryl methyl sites for hydroxylation is 1. The highest BCUT2D eigenvalue weighted by Gasteiger charge is 2.32. The molecule has 0 spiro atoms. The van der Waals surface area contributed by atoms with Crippen molar-refractivity contribution >= 4 is 5.91 Å². The van der Waals surface area contributed by atoms with Crippen molar-refractivity contribution in [2.24, 2.45) is 5.41 Å². The third-order valence-corrected chi connectivity index (χ3v) is 4.84. The lowest BCUT2D eigenvalue weighted by Crippen LogP contribution is -2.47. The highest BCUT2D eigenvalue weighted by molar-refractivity contribution is 5.95. The number of carbonyl (C=O) groups is 1. The van der Waals surface area contributed by atoms with Crippen LogP contribution in [0.5, 0.6) is 0 Å². The summed E-state index contributed by atoms with van der Waals surface area (Å²) >= 11 is 0. The number of methoxy groups -OCH3 is 1. The van der Waals surface area contributed by atoms with Crippen molar-refractivity contribution < 1.29 is 13.9 Å². The molecule has 2 aromatic rings. The van der Waals surface area contributed by atoms with Crippen molar-refractivity contribution in [2.45, 2.75) is 19.8 Å². The molecule has 0 aliphatic carbocycles. The molecular weight excluding hydrogens is 318 g/mol. The summed E-state index contributed by atoms with van der Waals surface area (Å²) in [6, 6.07) is 7.30. The van der Waals surface area contributed by atoms with Crippen LogP contribution in [-0.4, -0.2) is 44.2 Å². The zero-order chi connectivity index (χ0) is 17.7. The van der Waals surface area contributed by atoms with Gasteiger partial charge in [0, 0.05) is 19.1 Å². The third-order valence-electron chi connectivity index (χ3n) is 4.84. The minimum Gasteiger partial charge on any atom is -0.463 e. The smallest absolute Gasteiger partial charge is 0.253 e. The molecule has 2 N–H and O–H groups in total. The van der Waals surface area contributed by atoms with E-state index in [0.29, 0.717) is 30.2 Å². The van der Waals surface area contributed by atoms with Gasteiger partial charge in [-0.1, -0.05) is 0 Å². The fourth-order valence-electron chi connectivity index (χ4n) is 3.36. The minimum absolute atomic E-state index is 0.00506. The molecule has 0 radical (unpaired) electrons. The number of rotatable bonds is 6. The number of furan rings is 1. The number of carbonyl (C=O) groups excluding carboxylic acids is 1. The number of nitrogens with one attached hydrogen (secondary N) is 2. The predicted octanol–water partition coefficient (Wildman–Crippen LogP) is 2.40. The second kappa shape index (κ2) is 7.80. The van der Waals surface area contributed by atoms with Gasteiger partial charge in [-0.25, -0.2) is 4.98 Å². The zero-order valence-electron chi connectivity index (χ0n) is 14.8. The Morgan fingerprint density at radius 3 is 2.80 bits per heavy atom. The maximum Gasteiger partial charge on any atom is 0.253 e. The summed E-state index contributed by atoms with van der Waals surface area (Å²) in [5.74, 6) is 0.605. The van der Waals surface area contributed by atoms with Crippen molar-refractivity contribution in [1.29, 1.82) is 0 Å². The monoisotopic (exact) mass is 343 g/mol. The van der Waals surface area contributed by atoms with Crippen molar-refractivity contribution in [2.75, 3.05) is 33.4 Å². The van der Waals surface area contributed by atoms with Crippen LogP contribution in [0.3, 0.4) is 0 Å². The van der Waals surface area contributed by atoms with E-state index < -0.39 is 0 Å². The first kappa shape index (κ1) is 17.6. The Bertz CT molecular complexity index is 701. The lowest BCUT2D eigenvalue weighted by molar-refractivity contribution is 0.0511. The Kier molecular flexibility index (Phi) is 5.50. The van der Waals surface area contributed by atoms with E-state index in [2.05, 4.69) is 15.6 Å². The number of hydrogen-bond donors (Lipinski definition) is 2. The number of amides is 1. The van der Waals surface area contributed by atoms with Crippen LogP contribution in [0.4, 0.5) is 0 Å². The van der Waals surface area contributed by atoms with Crippen molar-refractivity contribution in [3.05, 3.63) is 41.8 Å². The maximum atomic E-state index is 12.6. The van der Waals surface area contributed by atoms with Gasteiger partial charge in [0.1, 0.15) is 5.69 Å². The van der Waals surface area contributed by atoms with Crippen LogP contribution in [-0.2, 0) is 4.74 Å². The number of ether oxygens (including phenoxy) is 1. The highest BCUT2D eigenvalue weighted by atomic mass is 16.5. The van der Waals surface area contributed by atoms with E-state index in [1.54, 1.807) is 19.4 Å². The molecule has 3 rings (SSSR count). The number of hydrogen-bond acceptors (Lipinski definition) is 5. The Morgan fingerprint density at radius 2 is 2.16 bits per heavy atom. The van der Waals surface area contributed by atoms with Crippen LogP contribution in [0.2, 0.25) is 0 Å². The molecule has 1 amide bonds. The lowest BCUT2D eigenvalue weighted by Gasteiger charge is -2.37. The van der Waals surface area contributed by atoms with Crippen molar-refractivity contribution in [1.82, 2.24) is 15.6 Å². The molecule has 25 heavy (non-hydrogen) atoms. The molecule has 1 aliphatic rings. The fourth-order valence-corrected chi connectivity index (χ4v) is 3.36. The molecule has 0 atom stereocenters. The molecule has 3 heterocycles. The van der Waals surface area contributed by atoms with Crippen LogP contribution < -0.4 is 10.6 Å². The molecule has 6 heteroatoms. The van der Waals surface area contributed by atoms with E-state index >= 15 is 0 Å². The lowest BCUT2D eigenvalue weighted by atomic mass is 9.79. The predicted molar refractivity (Wildman–Crippen MR) is 95.4 cm³/mol. The van der Waals surface area contributed by atoms with Crippen molar-refractivity contribution in [3.63, 3.8) is 0 Å². The average Bonchev–Trinajstić information content (AvgIpc) is 3.15. The van der Waals surface area contributed by atoms with Gasteiger partial charge in [0.15, 0.2) is 5.76 Å². The van der Waals surface area contributed by atoms with Crippen molar-refractivity contribution in [3.8, 4) is 11.5 Å². The molecule has 0 saturated carbocycles. The van der Waals surface area contributed by atoms with Gasteiger partial charge < -0.3 is 19.8 Å². The Balaban J connectivity index is 1.68. The summed E-state index contributed by atoms with van der Waals surface area (Å²) in [4.78, 5) is 17.1. The number of aromatic nitrogens is 1. The summed E-state index contributed by atoms with van der Waals surface area (Å²) in [6.45, 7) is 5.02. The molecule has 1 saturated heterocycles. The number of pyridine rings is 1. The third kappa shape index (κ3) is 4.08. The SMILES string of the molecule is COCC1(CNC(=O)c2ccc(-c3ccco3)nc2C)CCNCC1. The average molecular weight is 343 g/mol. The highest BCUT2D eigenvalue weighted by Crippen LogP contribution is 2.28. The van der Waals surface area contributed by atoms with Crippen LogP contribution in [0.25, 0.3) is 11.5 Å². The van der Waals surface area contributed by atoms with Crippen LogP contribution >= 0.6 is 0 Å². The van der Waals surface area contributed by atoms with Gasteiger partial charge in [-0.2, -0.15) is 0 Å². The van der Waals surface area contributed by atoms with Gasteiger partial charge in [0.25, 0.3) is 5.91 Å². The number of piperidine rings is 1. The molecule has 0 unspecified atom stereocenters. The molecule has 1 aliphatic heterocycles. The Hall–Kier alpha value is -2.18. The van der Waals surface area contributed by atoms with E-state index in [4.69, 9.17) is 9.15 Å². The summed E-state index contributed by atoms with van der Waals surface area (Å²) in [7, 11) is 1.72. The zero-order valence-corrected chi connectivity index (χ0v) is 14.8. The molecule has 2 aromatic heterocycles. The van der Waals surface area contributed by atoms with E-state index in [0.717, 1.165) is 31.6 Å². The van der Waals surface area contributed by atoms with Crippen LogP contribution in [0.15, 0.2) is 34.9 Å². The minimum atomic E-state index is -0.0926. The summed E-state index contributed by atoms with van der Waals surface area (Å²) in [5.41, 5.74) is 2.02. The molecule has 0 aromatic carbocycles. The summed E-state index contributed by atoms with van der Waals surface area (Å²) in [6.07, 6.45) is 3.60. The molecule has 1 fully saturated rings. The molecule has 134 valence electrons. The Morgan fingerprint density at radius 1 is 1.36 bits per heavy atom. The van der Waals surface area contributed by atoms with Gasteiger partial charge in [-0.3, -0.25) is 4.79 Å². The second-order valence-corrected chi connectivity index (χ2v) is 6.67. The molecule has 6 nitrogen and oxygen atoms in total. The first-order chi connectivity index (χ1) is 12.1. The number of nitrogens with zero attached hydrogens (tertiary/aromatic N) is 1. The first-order valence-electron chi connectivity index (χ1n) is 8.63. The standard InChI is InChI=1S/C19H25N3O3/c1-14-15(5-6-16(22-14)17-4-3-11-25-17)18(23)21-12-19(13-24-2)7-9-20-10-8-19/h3-6,11,20H,7-10,12-13H2,1-2H3,(H,21,23). The van der Waals surface area contributed by atoms with E-state index in [1.807, 2.05) is 25.1 Å². The Labute approximate surface area is 148 Å². The van der Waals surface area contributed by atoms with Crippen LogP contribution in [0.1, 0.15) is 28.9 Å². The van der Waals surface area contributed by atoms with Gasteiger partial charge >= 0.3 is 0 Å². The largest absolute Gasteiger partial charge is 0.463 e. The first-order valence-corrected chi connectivity index (χ1v) is 8.63. The van der Waals surface area contributed by atoms with E-state index in [9.17, 15) is 4.79 Å². The van der Waals surface area contributed by atoms with Gasteiger partial charge in [-0.15, -0.1) is 0 Å². The van der Waals surface area contributed by atoms with E-state index in [-0.39, 0.29) is 11.3 Å². The molecule has 0 bridgehead atoms. The fraction of sp³-hybridized carbons (Fsp3) is 0.474. The van der Waals surface area contributed by atoms with E-state index in [1.165, 1.54) is 0 Å². The van der Waals surface area contributed by atoms with Crippen LogP contribution in [0, 0.1) is 12.3 Å².